The number of nitrogens with two attached hydrogens (primary N) is 1. The highest BCUT2D eigenvalue weighted by Gasteiger charge is 2.39. The molecule has 4 N–H and O–H groups in total. The van der Waals surface area contributed by atoms with Gasteiger partial charge in [0.1, 0.15) is 4.90 Å². The minimum atomic E-state index is -3.82. The van der Waals surface area contributed by atoms with Gasteiger partial charge >= 0.3 is 0 Å². The second kappa shape index (κ2) is 4.50. The standard InChI is InChI=1S/C9H16N4O4S/c1-2-12-5-8(9(10)11-12)18(16,17)13-3-6(14)7(15)4-13/h5-7,14-15H,2-4H2,1H3,(H2,10,11)/t6-,7+. The molecule has 0 aromatic carbocycles. The maximum absolute atomic E-state index is 12.2. The minimum absolute atomic E-state index is 0.0762. The summed E-state index contributed by atoms with van der Waals surface area (Å²) in [5, 5.41) is 22.7. The molecule has 0 amide bonds. The second-order valence-electron chi connectivity index (χ2n) is 4.19. The predicted octanol–water partition coefficient (Wildman–Crippen LogP) is -1.79. The Morgan fingerprint density at radius 1 is 1.44 bits per heavy atom. The number of hydrogen-bond donors (Lipinski definition) is 3. The van der Waals surface area contributed by atoms with Gasteiger partial charge in [-0.2, -0.15) is 9.40 Å². The number of aryl methyl sites for hydroxylation is 1. The van der Waals surface area contributed by atoms with Gasteiger partial charge in [-0.3, -0.25) is 4.68 Å². The third-order valence-corrected chi connectivity index (χ3v) is 4.77. The van der Waals surface area contributed by atoms with E-state index in [1.807, 2.05) is 6.92 Å². The van der Waals surface area contributed by atoms with Crippen molar-refractivity contribution in [3.8, 4) is 0 Å². The number of nitrogens with zero attached hydrogens (tertiary/aromatic N) is 3. The number of aliphatic hydroxyl groups excluding tert-OH is 2. The highest BCUT2D eigenvalue weighted by atomic mass is 32.2. The number of aliphatic hydroxyl groups is 2. The van der Waals surface area contributed by atoms with Crippen molar-refractivity contribution in [1.82, 2.24) is 14.1 Å². The van der Waals surface area contributed by atoms with E-state index in [2.05, 4.69) is 5.10 Å². The molecular formula is C9H16N4O4S. The van der Waals surface area contributed by atoms with E-state index >= 15 is 0 Å². The van der Waals surface area contributed by atoms with Crippen molar-refractivity contribution in [3.63, 3.8) is 0 Å². The Hall–Kier alpha value is -1.16. The van der Waals surface area contributed by atoms with Gasteiger partial charge in [-0.25, -0.2) is 8.42 Å². The van der Waals surface area contributed by atoms with E-state index in [0.717, 1.165) is 4.31 Å². The van der Waals surface area contributed by atoms with Crippen molar-refractivity contribution in [2.75, 3.05) is 18.8 Å². The summed E-state index contributed by atoms with van der Waals surface area (Å²) in [6.45, 7) is 2.04. The quantitative estimate of drug-likeness (QED) is 0.599. The van der Waals surface area contributed by atoms with Crippen LogP contribution in [0.3, 0.4) is 0 Å². The van der Waals surface area contributed by atoms with Crippen molar-refractivity contribution in [3.05, 3.63) is 6.20 Å². The van der Waals surface area contributed by atoms with E-state index < -0.39 is 22.2 Å². The van der Waals surface area contributed by atoms with Crippen LogP contribution in [-0.4, -0.2) is 58.0 Å². The van der Waals surface area contributed by atoms with Gasteiger partial charge in [0.15, 0.2) is 5.82 Å². The summed E-state index contributed by atoms with van der Waals surface area (Å²) in [5.74, 6) is -0.0762. The van der Waals surface area contributed by atoms with E-state index in [0.29, 0.717) is 6.54 Å². The van der Waals surface area contributed by atoms with E-state index in [1.165, 1.54) is 10.9 Å². The molecule has 1 fully saturated rings. The Labute approximate surface area is 105 Å². The Balaban J connectivity index is 2.34. The van der Waals surface area contributed by atoms with Crippen LogP contribution < -0.4 is 5.73 Å². The molecule has 2 heterocycles. The molecule has 0 radical (unpaired) electrons. The van der Waals surface area contributed by atoms with Gasteiger partial charge in [-0.15, -0.1) is 0 Å². The Kier molecular flexibility index (Phi) is 3.32. The third-order valence-electron chi connectivity index (χ3n) is 2.92. The normalized spacial score (nSPS) is 25.7. The van der Waals surface area contributed by atoms with Crippen LogP contribution in [0.4, 0.5) is 5.82 Å². The lowest BCUT2D eigenvalue weighted by atomic mass is 10.3. The molecule has 1 aromatic rings. The fraction of sp³-hybridized carbons (Fsp3) is 0.667. The monoisotopic (exact) mass is 276 g/mol. The largest absolute Gasteiger partial charge is 0.389 e. The first-order chi connectivity index (χ1) is 8.36. The summed E-state index contributed by atoms with van der Waals surface area (Å²) in [5.41, 5.74) is 5.58. The Morgan fingerprint density at radius 3 is 2.44 bits per heavy atom. The molecule has 2 rings (SSSR count). The van der Waals surface area contributed by atoms with Gasteiger partial charge < -0.3 is 15.9 Å². The lowest BCUT2D eigenvalue weighted by Gasteiger charge is -2.14. The summed E-state index contributed by atoms with van der Waals surface area (Å²) in [7, 11) is -3.82. The van der Waals surface area contributed by atoms with Gasteiger partial charge in [0.2, 0.25) is 10.0 Å². The molecule has 8 nitrogen and oxygen atoms in total. The van der Waals surface area contributed by atoms with Crippen molar-refractivity contribution in [2.24, 2.45) is 0 Å². The molecule has 18 heavy (non-hydrogen) atoms. The highest BCUT2D eigenvalue weighted by Crippen LogP contribution is 2.24. The number of anilines is 1. The summed E-state index contributed by atoms with van der Waals surface area (Å²) >= 11 is 0. The summed E-state index contributed by atoms with van der Waals surface area (Å²) in [6, 6.07) is 0. The molecule has 1 aromatic heterocycles. The first-order valence-electron chi connectivity index (χ1n) is 5.55. The molecule has 9 heteroatoms. The first-order valence-corrected chi connectivity index (χ1v) is 6.99. The van der Waals surface area contributed by atoms with E-state index in [1.54, 1.807) is 0 Å². The Bertz CT molecular complexity index is 531. The number of sulfonamides is 1. The van der Waals surface area contributed by atoms with Crippen molar-refractivity contribution >= 4 is 15.8 Å². The van der Waals surface area contributed by atoms with Crippen LogP contribution in [0.5, 0.6) is 0 Å². The van der Waals surface area contributed by atoms with Crippen LogP contribution >= 0.6 is 0 Å². The summed E-state index contributed by atoms with van der Waals surface area (Å²) < 4.78 is 26.9. The Morgan fingerprint density at radius 2 is 2.00 bits per heavy atom. The lowest BCUT2D eigenvalue weighted by molar-refractivity contribution is 0.0572. The average molecular weight is 276 g/mol. The fourth-order valence-electron chi connectivity index (χ4n) is 1.85. The lowest BCUT2D eigenvalue weighted by Crippen LogP contribution is -2.30. The molecule has 102 valence electrons. The molecule has 1 aliphatic rings. The maximum Gasteiger partial charge on any atom is 0.248 e. The molecular weight excluding hydrogens is 260 g/mol. The van der Waals surface area contributed by atoms with Crippen LogP contribution in [0.25, 0.3) is 0 Å². The maximum atomic E-state index is 12.2. The van der Waals surface area contributed by atoms with Crippen LogP contribution in [0.2, 0.25) is 0 Å². The molecule has 0 spiro atoms. The van der Waals surface area contributed by atoms with E-state index in [9.17, 15) is 18.6 Å². The zero-order valence-electron chi connectivity index (χ0n) is 9.89. The average Bonchev–Trinajstić information content (AvgIpc) is 2.84. The number of nitrogen functional groups attached to an aromatic ring is 1. The van der Waals surface area contributed by atoms with E-state index in [4.69, 9.17) is 5.73 Å². The van der Waals surface area contributed by atoms with Gasteiger partial charge in [-0.1, -0.05) is 0 Å². The van der Waals surface area contributed by atoms with Crippen molar-refractivity contribution in [1.29, 1.82) is 0 Å². The van der Waals surface area contributed by atoms with Crippen molar-refractivity contribution in [2.45, 2.75) is 30.6 Å². The molecule has 0 unspecified atom stereocenters. The zero-order valence-corrected chi connectivity index (χ0v) is 10.7. The molecule has 1 saturated heterocycles. The predicted molar refractivity (Wildman–Crippen MR) is 63.1 cm³/mol. The molecule has 0 aliphatic carbocycles. The van der Waals surface area contributed by atoms with E-state index in [-0.39, 0.29) is 23.8 Å². The van der Waals surface area contributed by atoms with Crippen molar-refractivity contribution < 1.29 is 18.6 Å². The SMILES string of the molecule is CCn1cc(S(=O)(=O)N2C[C@@H](O)[C@@H](O)C2)c(N)n1. The van der Waals surface area contributed by atoms with Gasteiger partial charge in [0.05, 0.1) is 12.2 Å². The number of rotatable bonds is 3. The molecule has 2 atom stereocenters. The first kappa shape index (κ1) is 13.3. The van der Waals surface area contributed by atoms with Crippen LogP contribution in [0, 0.1) is 0 Å². The number of β-amino-alcohol motifs (C(OH)–C–C–N with tert-alkyl or cyclic N) is 2. The number of aromatic nitrogens is 2. The van der Waals surface area contributed by atoms with Crippen LogP contribution in [-0.2, 0) is 16.6 Å². The zero-order chi connectivity index (χ0) is 13.5. The van der Waals surface area contributed by atoms with Gasteiger partial charge in [0.25, 0.3) is 0 Å². The highest BCUT2D eigenvalue weighted by molar-refractivity contribution is 7.89. The fourth-order valence-corrected chi connectivity index (χ4v) is 3.39. The second-order valence-corrected chi connectivity index (χ2v) is 6.10. The smallest absolute Gasteiger partial charge is 0.248 e. The molecule has 1 aliphatic heterocycles. The summed E-state index contributed by atoms with van der Waals surface area (Å²) in [4.78, 5) is -0.0920. The van der Waals surface area contributed by atoms with Gasteiger partial charge in [-0.05, 0) is 6.92 Å². The minimum Gasteiger partial charge on any atom is -0.389 e. The van der Waals surface area contributed by atoms with Crippen LogP contribution in [0.1, 0.15) is 6.92 Å². The summed E-state index contributed by atoms with van der Waals surface area (Å²) in [6.07, 6.45) is -0.786. The number of hydrogen-bond acceptors (Lipinski definition) is 6. The molecule has 0 saturated carbocycles. The van der Waals surface area contributed by atoms with Crippen LogP contribution in [0.15, 0.2) is 11.1 Å². The topological polar surface area (TPSA) is 122 Å². The third kappa shape index (κ3) is 2.09. The van der Waals surface area contributed by atoms with Gasteiger partial charge in [0, 0.05) is 25.8 Å². The molecule has 0 bridgehead atoms.